The van der Waals surface area contributed by atoms with E-state index >= 15 is 0 Å². The molecular weight excluding hydrogens is 530 g/mol. The van der Waals surface area contributed by atoms with Crippen LogP contribution in [-0.4, -0.2) is 77.2 Å². The van der Waals surface area contributed by atoms with Gasteiger partial charge in [0.25, 0.3) is 0 Å². The summed E-state index contributed by atoms with van der Waals surface area (Å²) < 4.78 is 11.8. The first-order valence-electron chi connectivity index (χ1n) is 14.0. The fourth-order valence-corrected chi connectivity index (χ4v) is 6.41. The van der Waals surface area contributed by atoms with E-state index in [1.165, 1.54) is 0 Å². The normalized spacial score (nSPS) is 24.8. The number of carbonyl (C=O) groups is 1. The van der Waals surface area contributed by atoms with Gasteiger partial charge in [-0.2, -0.15) is 0 Å². The van der Waals surface area contributed by atoms with E-state index in [-0.39, 0.29) is 24.0 Å². The Labute approximate surface area is 240 Å². The maximum absolute atomic E-state index is 13.0. The number of rotatable bonds is 9. The number of carbonyl (C=O) groups excluding carboxylic acids is 1. The number of hydrogen-bond acceptors (Lipinski definition) is 7. The summed E-state index contributed by atoms with van der Waals surface area (Å²) in [6, 6.07) is 13.6. The maximum atomic E-state index is 13.0. The van der Waals surface area contributed by atoms with Crippen LogP contribution in [0.5, 0.6) is 0 Å². The number of amides is 1. The molecule has 0 spiro atoms. The van der Waals surface area contributed by atoms with Gasteiger partial charge >= 0.3 is 0 Å². The first-order chi connectivity index (χ1) is 19.4. The Morgan fingerprint density at radius 3 is 2.80 bits per heavy atom. The molecule has 8 nitrogen and oxygen atoms in total. The van der Waals surface area contributed by atoms with Crippen LogP contribution >= 0.6 is 11.6 Å². The van der Waals surface area contributed by atoms with E-state index in [0.717, 1.165) is 27.5 Å². The molecule has 1 aliphatic carbocycles. The van der Waals surface area contributed by atoms with Crippen LogP contribution in [0.4, 0.5) is 0 Å². The van der Waals surface area contributed by atoms with E-state index in [0.29, 0.717) is 56.8 Å². The summed E-state index contributed by atoms with van der Waals surface area (Å²) in [6.07, 6.45) is 4.40. The molecule has 2 aliphatic rings. The van der Waals surface area contributed by atoms with Gasteiger partial charge in [0.15, 0.2) is 0 Å². The third kappa shape index (κ3) is 6.17. The lowest BCUT2D eigenvalue weighted by molar-refractivity contribution is -0.148. The third-order valence-electron chi connectivity index (χ3n) is 8.34. The summed E-state index contributed by atoms with van der Waals surface area (Å²) in [5.74, 6) is -0.282. The number of aliphatic hydroxyl groups excluding tert-OH is 2. The first-order valence-corrected chi connectivity index (χ1v) is 14.4. The molecule has 0 radical (unpaired) electrons. The van der Waals surface area contributed by atoms with Crippen molar-refractivity contribution in [3.63, 3.8) is 0 Å². The predicted molar refractivity (Wildman–Crippen MR) is 155 cm³/mol. The lowest BCUT2D eigenvalue weighted by atomic mass is 9.91. The van der Waals surface area contributed by atoms with Gasteiger partial charge in [0, 0.05) is 66.1 Å². The van der Waals surface area contributed by atoms with Crippen LogP contribution in [0.15, 0.2) is 54.9 Å². The molecular formula is C31H38ClN3O5. The number of benzene rings is 2. The van der Waals surface area contributed by atoms with Gasteiger partial charge in [0.2, 0.25) is 5.91 Å². The molecule has 6 atom stereocenters. The van der Waals surface area contributed by atoms with E-state index in [2.05, 4.69) is 11.1 Å². The van der Waals surface area contributed by atoms with Crippen molar-refractivity contribution in [3.05, 3.63) is 65.4 Å². The summed E-state index contributed by atoms with van der Waals surface area (Å²) in [5, 5.41) is 23.7. The summed E-state index contributed by atoms with van der Waals surface area (Å²) in [7, 11) is 1.69. The number of methoxy groups -OCH3 is 1. The van der Waals surface area contributed by atoms with Crippen LogP contribution in [0.3, 0.4) is 0 Å². The molecule has 9 heteroatoms. The summed E-state index contributed by atoms with van der Waals surface area (Å²) in [4.78, 5) is 19.2. The van der Waals surface area contributed by atoms with Crippen molar-refractivity contribution in [3.8, 4) is 11.1 Å². The second-order valence-electron chi connectivity index (χ2n) is 10.9. The zero-order valence-corrected chi connectivity index (χ0v) is 23.5. The minimum Gasteiger partial charge on any atom is -0.391 e. The van der Waals surface area contributed by atoms with E-state index in [4.69, 9.17) is 26.8 Å². The molecule has 3 aromatic rings. The summed E-state index contributed by atoms with van der Waals surface area (Å²) in [6.45, 7) is 1.19. The lowest BCUT2D eigenvalue weighted by Gasteiger charge is -2.36. The van der Waals surface area contributed by atoms with E-state index < -0.39 is 18.3 Å². The van der Waals surface area contributed by atoms with Gasteiger partial charge in [-0.1, -0.05) is 48.0 Å². The fraction of sp³-hybridized carbons (Fsp3) is 0.484. The van der Waals surface area contributed by atoms with Crippen LogP contribution < -0.4 is 5.73 Å². The summed E-state index contributed by atoms with van der Waals surface area (Å²) in [5.41, 5.74) is 8.75. The average Bonchev–Trinajstić information content (AvgIpc) is 3.32. The molecule has 214 valence electrons. The molecule has 1 saturated carbocycles. The highest BCUT2D eigenvalue weighted by Gasteiger charge is 2.39. The molecule has 1 amide bonds. The smallest absolute Gasteiger partial charge is 0.226 e. The van der Waals surface area contributed by atoms with Crippen LogP contribution in [0, 0.1) is 5.92 Å². The molecule has 6 unspecified atom stereocenters. The van der Waals surface area contributed by atoms with E-state index in [1.807, 2.05) is 48.8 Å². The minimum absolute atomic E-state index is 0.0108. The molecule has 2 fully saturated rings. The number of nitrogens with two attached hydrogens (primary N) is 1. The topological polar surface area (TPSA) is 118 Å². The monoisotopic (exact) mass is 567 g/mol. The van der Waals surface area contributed by atoms with Crippen molar-refractivity contribution in [2.24, 2.45) is 11.7 Å². The highest BCUT2D eigenvalue weighted by molar-refractivity contribution is 6.34. The number of nitrogens with zero attached hydrogens (tertiary/aromatic N) is 2. The van der Waals surface area contributed by atoms with Crippen LogP contribution in [-0.2, 0) is 14.3 Å². The van der Waals surface area contributed by atoms with Crippen LogP contribution in [0.2, 0.25) is 5.02 Å². The quantitative estimate of drug-likeness (QED) is 0.356. The van der Waals surface area contributed by atoms with Gasteiger partial charge in [-0.3, -0.25) is 9.78 Å². The van der Waals surface area contributed by atoms with E-state index in [1.54, 1.807) is 12.0 Å². The van der Waals surface area contributed by atoms with Gasteiger partial charge < -0.3 is 30.3 Å². The van der Waals surface area contributed by atoms with Gasteiger partial charge in [0.05, 0.1) is 24.9 Å². The van der Waals surface area contributed by atoms with Crippen LogP contribution in [0.1, 0.15) is 43.8 Å². The highest BCUT2D eigenvalue weighted by atomic mass is 35.5. The predicted octanol–water partition coefficient (Wildman–Crippen LogP) is 4.10. The largest absolute Gasteiger partial charge is 0.391 e. The molecule has 1 aromatic heterocycles. The molecule has 0 bridgehead atoms. The molecule has 40 heavy (non-hydrogen) atoms. The number of hydrogen-bond donors (Lipinski definition) is 3. The Bertz CT molecular complexity index is 1310. The number of morpholine rings is 1. The Kier molecular flexibility index (Phi) is 9.35. The van der Waals surface area contributed by atoms with Gasteiger partial charge in [-0.25, -0.2) is 0 Å². The van der Waals surface area contributed by atoms with Crippen molar-refractivity contribution in [2.45, 2.75) is 62.6 Å². The van der Waals surface area contributed by atoms with Crippen molar-refractivity contribution < 1.29 is 24.5 Å². The second-order valence-corrected chi connectivity index (χ2v) is 11.3. The highest BCUT2D eigenvalue weighted by Crippen LogP contribution is 2.40. The number of halogens is 1. The van der Waals surface area contributed by atoms with Gasteiger partial charge in [-0.15, -0.1) is 0 Å². The van der Waals surface area contributed by atoms with Crippen molar-refractivity contribution >= 4 is 28.3 Å². The minimum atomic E-state index is -0.717. The van der Waals surface area contributed by atoms with Crippen molar-refractivity contribution in [1.82, 2.24) is 9.88 Å². The van der Waals surface area contributed by atoms with Gasteiger partial charge in [0.1, 0.15) is 6.10 Å². The number of aromatic nitrogens is 1. The lowest BCUT2D eigenvalue weighted by Crippen LogP contribution is -2.51. The number of pyridine rings is 1. The molecule has 2 heterocycles. The number of aliphatic hydroxyl groups is 2. The van der Waals surface area contributed by atoms with Crippen LogP contribution in [0.25, 0.3) is 21.9 Å². The summed E-state index contributed by atoms with van der Waals surface area (Å²) >= 11 is 6.76. The zero-order valence-electron chi connectivity index (χ0n) is 22.8. The Balaban J connectivity index is 1.23. The molecule has 4 N–H and O–H groups in total. The second kappa shape index (κ2) is 12.9. The molecule has 1 aliphatic heterocycles. The first kappa shape index (κ1) is 28.9. The fourth-order valence-electron chi connectivity index (χ4n) is 6.12. The Morgan fingerprint density at radius 2 is 2.02 bits per heavy atom. The SMILES string of the molecule is COC(CCCC(O)C1CN(C(=O)C2CC(N)C(O)C2)CCO1)c1cccc(Cl)c1-c1cncc2ccccc12. The molecule has 5 rings (SSSR count). The number of fused-ring (bicyclic) bond motifs is 1. The zero-order chi connectivity index (χ0) is 28.2. The van der Waals surface area contributed by atoms with Gasteiger partial charge in [-0.05, 0) is 49.1 Å². The number of ether oxygens (including phenoxy) is 2. The van der Waals surface area contributed by atoms with Crippen molar-refractivity contribution in [2.75, 3.05) is 26.8 Å². The third-order valence-corrected chi connectivity index (χ3v) is 8.66. The van der Waals surface area contributed by atoms with Crippen molar-refractivity contribution in [1.29, 1.82) is 0 Å². The van der Waals surface area contributed by atoms with E-state index in [9.17, 15) is 15.0 Å². The maximum Gasteiger partial charge on any atom is 0.226 e. The molecule has 2 aromatic carbocycles. The molecule has 1 saturated heterocycles. The average molecular weight is 568 g/mol. The standard InChI is InChI=1S/C31H38ClN3O5/c1-39-28(22-8-4-9-24(32)30(22)23-17-34-16-19-6-2-3-7-21(19)23)11-5-10-26(36)29-18-35(12-13-40-29)31(38)20-14-25(33)27(37)15-20/h2-4,6-9,16-17,20,25-29,36-37H,5,10-15,18,33H2,1H3. The Hall–Kier alpha value is -2.59. The Morgan fingerprint density at radius 1 is 1.20 bits per heavy atom.